The fourth-order valence-electron chi connectivity index (χ4n) is 2.89. The molecular formula is C18H17NO4. The molecule has 0 fully saturated rings. The number of benzene rings is 2. The third-order valence-corrected chi connectivity index (χ3v) is 4.04. The molecule has 2 aromatic carbocycles. The lowest BCUT2D eigenvalue weighted by Crippen LogP contribution is -2.34. The van der Waals surface area contributed by atoms with Crippen LogP contribution in [-0.2, 0) is 22.6 Å². The highest BCUT2D eigenvalue weighted by molar-refractivity contribution is 5.76. The second-order valence-electron chi connectivity index (χ2n) is 5.53. The SMILES string of the molecule is O=C(N[C@H]1c2ccccc2C[C@H]1C(=O)O)OCc1ccccc1. The van der Waals surface area contributed by atoms with Crippen molar-refractivity contribution < 1.29 is 19.4 Å². The Kier molecular flexibility index (Phi) is 4.28. The number of nitrogens with one attached hydrogen (secondary N) is 1. The van der Waals surface area contributed by atoms with Gasteiger partial charge in [-0.25, -0.2) is 4.79 Å². The lowest BCUT2D eigenvalue weighted by atomic mass is 10.0. The van der Waals surface area contributed by atoms with Gasteiger partial charge in [0.25, 0.3) is 0 Å². The topological polar surface area (TPSA) is 75.6 Å². The summed E-state index contributed by atoms with van der Waals surface area (Å²) < 4.78 is 5.19. The quantitative estimate of drug-likeness (QED) is 0.910. The maximum absolute atomic E-state index is 12.0. The van der Waals surface area contributed by atoms with E-state index in [4.69, 9.17) is 4.74 Å². The number of amides is 1. The maximum Gasteiger partial charge on any atom is 0.407 e. The zero-order chi connectivity index (χ0) is 16.2. The molecule has 0 unspecified atom stereocenters. The van der Waals surface area contributed by atoms with Gasteiger partial charge in [-0.05, 0) is 23.1 Å². The van der Waals surface area contributed by atoms with E-state index in [2.05, 4.69) is 5.32 Å². The Balaban J connectivity index is 1.67. The monoisotopic (exact) mass is 311 g/mol. The molecule has 0 aliphatic heterocycles. The molecule has 0 bridgehead atoms. The van der Waals surface area contributed by atoms with E-state index >= 15 is 0 Å². The van der Waals surface area contributed by atoms with Crippen molar-refractivity contribution in [2.75, 3.05) is 0 Å². The van der Waals surface area contributed by atoms with Gasteiger partial charge in [-0.1, -0.05) is 54.6 Å². The van der Waals surface area contributed by atoms with Crippen molar-refractivity contribution in [3.63, 3.8) is 0 Å². The molecule has 0 saturated carbocycles. The van der Waals surface area contributed by atoms with Gasteiger partial charge in [0, 0.05) is 0 Å². The Morgan fingerprint density at radius 1 is 1.09 bits per heavy atom. The molecule has 3 rings (SSSR count). The average molecular weight is 311 g/mol. The van der Waals surface area contributed by atoms with Gasteiger partial charge in [-0.2, -0.15) is 0 Å². The number of carboxylic acid groups (broad SMARTS) is 1. The third-order valence-electron chi connectivity index (χ3n) is 4.04. The van der Waals surface area contributed by atoms with E-state index in [9.17, 15) is 14.7 Å². The molecule has 5 heteroatoms. The van der Waals surface area contributed by atoms with Crippen LogP contribution in [0.4, 0.5) is 4.79 Å². The lowest BCUT2D eigenvalue weighted by molar-refractivity contribution is -0.142. The molecule has 2 N–H and O–H groups in total. The number of alkyl carbamates (subject to hydrolysis) is 1. The van der Waals surface area contributed by atoms with Crippen molar-refractivity contribution in [1.29, 1.82) is 0 Å². The summed E-state index contributed by atoms with van der Waals surface area (Å²) in [5.41, 5.74) is 2.68. The fraction of sp³-hybridized carbons (Fsp3) is 0.222. The zero-order valence-corrected chi connectivity index (χ0v) is 12.4. The summed E-state index contributed by atoms with van der Waals surface area (Å²) in [6.45, 7) is 0.152. The van der Waals surface area contributed by atoms with Crippen LogP contribution in [0.15, 0.2) is 54.6 Å². The highest BCUT2D eigenvalue weighted by Gasteiger charge is 2.38. The van der Waals surface area contributed by atoms with E-state index < -0.39 is 24.0 Å². The van der Waals surface area contributed by atoms with Gasteiger partial charge >= 0.3 is 12.1 Å². The molecule has 5 nitrogen and oxygen atoms in total. The fourth-order valence-corrected chi connectivity index (χ4v) is 2.89. The summed E-state index contributed by atoms with van der Waals surface area (Å²) in [6.07, 6.45) is -0.198. The Morgan fingerprint density at radius 2 is 1.78 bits per heavy atom. The molecule has 0 saturated heterocycles. The van der Waals surface area contributed by atoms with Crippen molar-refractivity contribution in [3.8, 4) is 0 Å². The van der Waals surface area contributed by atoms with E-state index in [1.807, 2.05) is 54.6 Å². The smallest absolute Gasteiger partial charge is 0.407 e. The van der Waals surface area contributed by atoms with Crippen LogP contribution < -0.4 is 5.32 Å². The minimum Gasteiger partial charge on any atom is -0.481 e. The predicted molar refractivity (Wildman–Crippen MR) is 83.8 cm³/mol. The van der Waals surface area contributed by atoms with E-state index in [0.717, 1.165) is 16.7 Å². The van der Waals surface area contributed by atoms with Crippen LogP contribution in [0, 0.1) is 5.92 Å². The third kappa shape index (κ3) is 3.34. The standard InChI is InChI=1S/C18H17NO4/c20-17(21)15-10-13-8-4-5-9-14(13)16(15)19-18(22)23-11-12-6-2-1-3-7-12/h1-9,15-16H,10-11H2,(H,19,22)(H,20,21)/t15-,16+/m1/s1. The van der Waals surface area contributed by atoms with Crippen LogP contribution in [0.1, 0.15) is 22.7 Å². The molecule has 2 aromatic rings. The molecule has 1 amide bonds. The molecule has 0 heterocycles. The summed E-state index contributed by atoms with van der Waals surface area (Å²) in [7, 11) is 0. The Morgan fingerprint density at radius 3 is 2.52 bits per heavy atom. The van der Waals surface area contributed by atoms with Gasteiger partial charge < -0.3 is 15.2 Å². The number of hydrogen-bond acceptors (Lipinski definition) is 3. The number of carbonyl (C=O) groups excluding carboxylic acids is 1. The number of rotatable bonds is 4. The number of hydrogen-bond donors (Lipinski definition) is 2. The second kappa shape index (κ2) is 6.52. The predicted octanol–water partition coefficient (Wildman–Crippen LogP) is 2.91. The van der Waals surface area contributed by atoms with Gasteiger partial charge in [0.15, 0.2) is 0 Å². The molecule has 118 valence electrons. The second-order valence-corrected chi connectivity index (χ2v) is 5.53. The summed E-state index contributed by atoms with van der Waals surface area (Å²) in [6, 6.07) is 16.2. The first-order chi connectivity index (χ1) is 11.1. The van der Waals surface area contributed by atoms with E-state index in [-0.39, 0.29) is 6.61 Å². The first-order valence-corrected chi connectivity index (χ1v) is 7.43. The summed E-state index contributed by atoms with van der Waals surface area (Å²) in [5.74, 6) is -1.59. The Labute approximate surface area is 133 Å². The average Bonchev–Trinajstić information content (AvgIpc) is 2.93. The van der Waals surface area contributed by atoms with Crippen molar-refractivity contribution in [3.05, 3.63) is 71.3 Å². The number of carboxylic acids is 1. The van der Waals surface area contributed by atoms with Crippen LogP contribution in [0.3, 0.4) is 0 Å². The van der Waals surface area contributed by atoms with Crippen molar-refractivity contribution in [2.24, 2.45) is 5.92 Å². The van der Waals surface area contributed by atoms with Gasteiger partial charge in [0.1, 0.15) is 6.61 Å². The highest BCUT2D eigenvalue weighted by Crippen LogP contribution is 2.36. The number of ether oxygens (including phenoxy) is 1. The number of carbonyl (C=O) groups is 2. The highest BCUT2D eigenvalue weighted by atomic mass is 16.5. The van der Waals surface area contributed by atoms with Crippen LogP contribution in [-0.4, -0.2) is 17.2 Å². The molecule has 2 atom stereocenters. The molecule has 0 radical (unpaired) electrons. The summed E-state index contributed by atoms with van der Waals surface area (Å²) in [5, 5.41) is 12.1. The normalized spacial score (nSPS) is 19.0. The number of fused-ring (bicyclic) bond motifs is 1. The maximum atomic E-state index is 12.0. The van der Waals surface area contributed by atoms with Crippen LogP contribution >= 0.6 is 0 Å². The van der Waals surface area contributed by atoms with Crippen LogP contribution in [0.25, 0.3) is 0 Å². The van der Waals surface area contributed by atoms with E-state index in [1.54, 1.807) is 0 Å². The molecule has 1 aliphatic rings. The first-order valence-electron chi connectivity index (χ1n) is 7.43. The van der Waals surface area contributed by atoms with E-state index in [0.29, 0.717) is 6.42 Å². The van der Waals surface area contributed by atoms with Crippen LogP contribution in [0.2, 0.25) is 0 Å². The Bertz CT molecular complexity index is 714. The molecule has 0 spiro atoms. The number of aliphatic carboxylic acids is 1. The van der Waals surface area contributed by atoms with Crippen molar-refractivity contribution >= 4 is 12.1 Å². The first kappa shape index (κ1) is 15.1. The Hall–Kier alpha value is -2.82. The lowest BCUT2D eigenvalue weighted by Gasteiger charge is -2.18. The van der Waals surface area contributed by atoms with Gasteiger partial charge in [0.05, 0.1) is 12.0 Å². The van der Waals surface area contributed by atoms with Gasteiger partial charge in [-0.3, -0.25) is 4.79 Å². The largest absolute Gasteiger partial charge is 0.481 e. The van der Waals surface area contributed by atoms with Gasteiger partial charge in [0.2, 0.25) is 0 Å². The minimum absolute atomic E-state index is 0.152. The molecule has 23 heavy (non-hydrogen) atoms. The molecule has 0 aromatic heterocycles. The van der Waals surface area contributed by atoms with Crippen molar-refractivity contribution in [2.45, 2.75) is 19.1 Å². The van der Waals surface area contributed by atoms with E-state index in [1.165, 1.54) is 0 Å². The van der Waals surface area contributed by atoms with Gasteiger partial charge in [-0.15, -0.1) is 0 Å². The van der Waals surface area contributed by atoms with Crippen molar-refractivity contribution in [1.82, 2.24) is 5.32 Å². The minimum atomic E-state index is -0.922. The summed E-state index contributed by atoms with van der Waals surface area (Å²) in [4.78, 5) is 23.5. The molecule has 1 aliphatic carbocycles. The molecular weight excluding hydrogens is 294 g/mol. The van der Waals surface area contributed by atoms with Crippen LogP contribution in [0.5, 0.6) is 0 Å². The zero-order valence-electron chi connectivity index (χ0n) is 12.4. The summed E-state index contributed by atoms with van der Waals surface area (Å²) >= 11 is 0.